The van der Waals surface area contributed by atoms with E-state index in [1.807, 2.05) is 0 Å². The molecule has 4 nitrogen and oxygen atoms in total. The number of carbonyl (C=O) groups excluding carboxylic acids is 1. The number of aliphatic hydroxyl groups is 1. The van der Waals surface area contributed by atoms with Crippen LogP contribution < -0.4 is 5.32 Å². The largest absolute Gasteiger partial charge is 0.396 e. The molecule has 1 aliphatic rings. The molecule has 0 aromatic rings. The van der Waals surface area contributed by atoms with Crippen LogP contribution in [-0.2, 0) is 4.79 Å². The fraction of sp³-hybridized carbons (Fsp3) is 0.917. The van der Waals surface area contributed by atoms with Crippen molar-refractivity contribution in [2.45, 2.75) is 39.2 Å². The van der Waals surface area contributed by atoms with Gasteiger partial charge in [0.1, 0.15) is 0 Å². The molecule has 0 aliphatic carbocycles. The molecule has 2 N–H and O–H groups in total. The van der Waals surface area contributed by atoms with Crippen molar-refractivity contribution in [1.82, 2.24) is 10.2 Å². The Labute approximate surface area is 98.0 Å². The molecule has 2 atom stereocenters. The second-order valence-corrected chi connectivity index (χ2v) is 4.72. The molecule has 16 heavy (non-hydrogen) atoms. The first-order chi connectivity index (χ1) is 7.65. The minimum atomic E-state index is 0.0591. The van der Waals surface area contributed by atoms with Gasteiger partial charge < -0.3 is 15.3 Å². The highest BCUT2D eigenvalue weighted by atomic mass is 16.2. The third-order valence-electron chi connectivity index (χ3n) is 3.24. The fourth-order valence-corrected chi connectivity index (χ4v) is 2.54. The molecule has 0 radical (unpaired) electrons. The Morgan fingerprint density at radius 1 is 1.50 bits per heavy atom. The minimum absolute atomic E-state index is 0.0591. The number of rotatable bonds is 5. The van der Waals surface area contributed by atoms with Crippen LogP contribution in [0.1, 0.15) is 33.1 Å². The van der Waals surface area contributed by atoms with Crippen LogP contribution in [0.5, 0.6) is 0 Å². The second kappa shape index (κ2) is 6.86. The molecule has 0 aromatic carbocycles. The van der Waals surface area contributed by atoms with Crippen LogP contribution in [0, 0.1) is 5.92 Å². The van der Waals surface area contributed by atoms with Crippen LogP contribution in [0.25, 0.3) is 0 Å². The van der Waals surface area contributed by atoms with Gasteiger partial charge in [-0.15, -0.1) is 0 Å². The van der Waals surface area contributed by atoms with Crippen molar-refractivity contribution < 1.29 is 9.90 Å². The lowest BCUT2D eigenvalue weighted by molar-refractivity contribution is -0.120. The normalized spacial score (nSPS) is 26.7. The quantitative estimate of drug-likeness (QED) is 0.725. The predicted molar refractivity (Wildman–Crippen MR) is 64.1 cm³/mol. The van der Waals surface area contributed by atoms with E-state index in [0.29, 0.717) is 5.92 Å². The van der Waals surface area contributed by atoms with Gasteiger partial charge in [-0.1, -0.05) is 6.92 Å². The Bertz CT molecular complexity index is 221. The van der Waals surface area contributed by atoms with Gasteiger partial charge >= 0.3 is 0 Å². The highest BCUT2D eigenvalue weighted by Crippen LogP contribution is 2.21. The molecule has 4 heteroatoms. The number of likely N-dealkylation sites (tertiary alicyclic amines) is 1. The summed E-state index contributed by atoms with van der Waals surface area (Å²) in [6.07, 6.45) is 2.98. The maximum Gasteiger partial charge on any atom is 0.217 e. The van der Waals surface area contributed by atoms with Crippen molar-refractivity contribution in [3.63, 3.8) is 0 Å². The van der Waals surface area contributed by atoms with Crippen LogP contribution in [0.2, 0.25) is 0 Å². The zero-order valence-corrected chi connectivity index (χ0v) is 10.4. The van der Waals surface area contributed by atoms with Gasteiger partial charge in [-0.05, 0) is 31.7 Å². The molecule has 1 heterocycles. The second-order valence-electron chi connectivity index (χ2n) is 4.72. The topological polar surface area (TPSA) is 52.6 Å². The van der Waals surface area contributed by atoms with E-state index in [2.05, 4.69) is 17.1 Å². The number of hydrogen-bond acceptors (Lipinski definition) is 3. The molecule has 1 fully saturated rings. The van der Waals surface area contributed by atoms with Gasteiger partial charge in [0.25, 0.3) is 0 Å². The summed E-state index contributed by atoms with van der Waals surface area (Å²) in [5, 5.41) is 11.9. The lowest BCUT2D eigenvalue weighted by Crippen LogP contribution is -2.50. The summed E-state index contributed by atoms with van der Waals surface area (Å²) in [5.74, 6) is 0.668. The smallest absolute Gasteiger partial charge is 0.217 e. The van der Waals surface area contributed by atoms with E-state index in [4.69, 9.17) is 5.11 Å². The summed E-state index contributed by atoms with van der Waals surface area (Å²) in [6, 6.07) is 0.287. The number of aliphatic hydroxyl groups excluding tert-OH is 1. The summed E-state index contributed by atoms with van der Waals surface area (Å²) >= 11 is 0. The number of piperidine rings is 1. The third-order valence-corrected chi connectivity index (χ3v) is 3.24. The number of amides is 1. The van der Waals surface area contributed by atoms with Crippen molar-refractivity contribution in [2.24, 2.45) is 5.92 Å². The molecule has 0 saturated carbocycles. The highest BCUT2D eigenvalue weighted by Gasteiger charge is 2.26. The summed E-state index contributed by atoms with van der Waals surface area (Å²) in [5.41, 5.74) is 0. The molecule has 0 bridgehead atoms. The van der Waals surface area contributed by atoms with Crippen LogP contribution in [0.3, 0.4) is 0 Å². The Balaban J connectivity index is 2.43. The van der Waals surface area contributed by atoms with Crippen molar-refractivity contribution in [3.05, 3.63) is 0 Å². The molecule has 1 aliphatic heterocycles. The number of likely N-dealkylation sites (N-methyl/N-ethyl adjacent to an activating group) is 1. The van der Waals surface area contributed by atoms with Gasteiger partial charge in [0, 0.05) is 32.7 Å². The van der Waals surface area contributed by atoms with Crippen molar-refractivity contribution >= 4 is 5.91 Å². The maximum absolute atomic E-state index is 11.1. The fourth-order valence-electron chi connectivity index (χ4n) is 2.54. The molecule has 94 valence electrons. The van der Waals surface area contributed by atoms with Gasteiger partial charge in [0.2, 0.25) is 5.91 Å². The Hall–Kier alpha value is -0.610. The average Bonchev–Trinajstić information content (AvgIpc) is 2.25. The Kier molecular flexibility index (Phi) is 5.77. The van der Waals surface area contributed by atoms with Gasteiger partial charge in [0.15, 0.2) is 0 Å². The molecule has 1 rings (SSSR count). The van der Waals surface area contributed by atoms with E-state index in [0.717, 1.165) is 38.9 Å². The number of nitrogens with one attached hydrogen (secondary N) is 1. The first kappa shape index (κ1) is 13.5. The minimum Gasteiger partial charge on any atom is -0.396 e. The van der Waals surface area contributed by atoms with Crippen LogP contribution in [0.15, 0.2) is 0 Å². The van der Waals surface area contributed by atoms with Crippen molar-refractivity contribution in [2.75, 3.05) is 26.2 Å². The lowest BCUT2D eigenvalue weighted by Gasteiger charge is -2.37. The van der Waals surface area contributed by atoms with Crippen molar-refractivity contribution in [3.8, 4) is 0 Å². The first-order valence-electron chi connectivity index (χ1n) is 6.26. The number of nitrogens with zero attached hydrogens (tertiary/aromatic N) is 1. The lowest BCUT2D eigenvalue weighted by atomic mass is 9.90. The van der Waals surface area contributed by atoms with E-state index >= 15 is 0 Å². The van der Waals surface area contributed by atoms with Gasteiger partial charge in [-0.2, -0.15) is 0 Å². The molecule has 0 aromatic heterocycles. The van der Waals surface area contributed by atoms with Crippen molar-refractivity contribution in [1.29, 1.82) is 0 Å². The molecule has 1 amide bonds. The standard InChI is InChI=1S/C12H24N2O2/c1-3-14-8-11(5-4-6-15)7-12(9-14)13-10(2)16/h11-12,15H,3-9H2,1-2H3,(H,13,16). The summed E-state index contributed by atoms with van der Waals surface area (Å²) in [4.78, 5) is 13.4. The summed E-state index contributed by atoms with van der Waals surface area (Å²) < 4.78 is 0. The van der Waals surface area contributed by atoms with Gasteiger partial charge in [-0.3, -0.25) is 4.79 Å². The highest BCUT2D eigenvalue weighted by molar-refractivity contribution is 5.73. The summed E-state index contributed by atoms with van der Waals surface area (Å²) in [7, 11) is 0. The van der Waals surface area contributed by atoms with Crippen LogP contribution in [-0.4, -0.2) is 48.2 Å². The molecule has 0 spiro atoms. The number of hydrogen-bond donors (Lipinski definition) is 2. The van der Waals surface area contributed by atoms with Crippen LogP contribution >= 0.6 is 0 Å². The molecular weight excluding hydrogens is 204 g/mol. The monoisotopic (exact) mass is 228 g/mol. The van der Waals surface area contributed by atoms with E-state index < -0.39 is 0 Å². The predicted octanol–water partition coefficient (Wildman–Crippen LogP) is 0.605. The van der Waals surface area contributed by atoms with Crippen LogP contribution in [0.4, 0.5) is 0 Å². The van der Waals surface area contributed by atoms with E-state index in [9.17, 15) is 4.79 Å². The van der Waals surface area contributed by atoms with E-state index in [1.54, 1.807) is 6.92 Å². The summed E-state index contributed by atoms with van der Waals surface area (Å²) in [6.45, 7) is 7.10. The zero-order valence-electron chi connectivity index (χ0n) is 10.4. The molecule has 1 saturated heterocycles. The Morgan fingerprint density at radius 3 is 2.81 bits per heavy atom. The number of carbonyl (C=O) groups is 1. The zero-order chi connectivity index (χ0) is 12.0. The van der Waals surface area contributed by atoms with E-state index in [-0.39, 0.29) is 18.6 Å². The van der Waals surface area contributed by atoms with Gasteiger partial charge in [0.05, 0.1) is 0 Å². The molecular formula is C12H24N2O2. The molecule has 2 unspecified atom stereocenters. The SMILES string of the molecule is CCN1CC(CCCO)CC(NC(C)=O)C1. The maximum atomic E-state index is 11.1. The Morgan fingerprint density at radius 2 is 2.25 bits per heavy atom. The van der Waals surface area contributed by atoms with E-state index in [1.165, 1.54) is 0 Å². The average molecular weight is 228 g/mol. The third kappa shape index (κ3) is 4.49. The van der Waals surface area contributed by atoms with Gasteiger partial charge in [-0.25, -0.2) is 0 Å². The first-order valence-corrected chi connectivity index (χ1v) is 6.26.